The van der Waals surface area contributed by atoms with Crippen LogP contribution >= 0.6 is 95.9 Å². The first kappa shape index (κ1) is 53.0. The second-order valence-electron chi connectivity index (χ2n) is 13.9. The summed E-state index contributed by atoms with van der Waals surface area (Å²) in [5, 5.41) is 23.0. The van der Waals surface area contributed by atoms with Crippen LogP contribution in [-0.2, 0) is 0 Å². The molecule has 1 saturated carbocycles. The molecule has 2 N–H and O–H groups in total. The summed E-state index contributed by atoms with van der Waals surface area (Å²) in [5.41, 5.74) is 5.15. The molecule has 0 aromatic rings. The molecular formula is C44H68N6O2S8+2. The van der Waals surface area contributed by atoms with E-state index >= 15 is 0 Å². The number of thioether (sulfide) groups is 4. The van der Waals surface area contributed by atoms with E-state index in [1.807, 2.05) is 24.3 Å². The molecule has 8 nitrogen and oxygen atoms in total. The van der Waals surface area contributed by atoms with E-state index in [9.17, 15) is 10.2 Å². The van der Waals surface area contributed by atoms with E-state index in [1.54, 1.807) is 47.0 Å². The van der Waals surface area contributed by atoms with Crippen molar-refractivity contribution in [3.63, 3.8) is 0 Å². The molecule has 0 aromatic carbocycles. The van der Waals surface area contributed by atoms with E-state index in [0.29, 0.717) is 11.1 Å². The smallest absolute Gasteiger partial charge is 0.199 e. The second kappa shape index (κ2) is 28.5. The van der Waals surface area contributed by atoms with Gasteiger partial charge in [-0.15, -0.1) is 0 Å². The number of aliphatic hydroxyl groups is 2. The van der Waals surface area contributed by atoms with Gasteiger partial charge >= 0.3 is 0 Å². The summed E-state index contributed by atoms with van der Waals surface area (Å²) in [6, 6.07) is 0. The SMILES string of the molecule is CCN(CC)C(=S)SCC[N+](CCSC(=S)N(CC)CC)=C1C=CC(=C2C(O)C(=C3C=CC(=[N+](CCSC(=S)N(CC)CC)CCSC(=S)N(CC)CC)C=C3)C2O)C=C1. The van der Waals surface area contributed by atoms with Crippen molar-refractivity contribution in [2.75, 3.05) is 102 Å². The topological polar surface area (TPSA) is 59.4 Å². The van der Waals surface area contributed by atoms with Crippen molar-refractivity contribution >= 4 is 125 Å². The molecular weight excluding hydrogens is 901 g/mol. The lowest BCUT2D eigenvalue weighted by Crippen LogP contribution is -2.42. The lowest BCUT2D eigenvalue weighted by atomic mass is 9.73. The summed E-state index contributed by atoms with van der Waals surface area (Å²) in [6.07, 6.45) is 14.8. The third-order valence-corrected chi connectivity index (χ3v) is 16.8. The number of rotatable bonds is 20. The maximum Gasteiger partial charge on any atom is 0.199 e. The van der Waals surface area contributed by atoms with Crippen molar-refractivity contribution < 1.29 is 19.4 Å². The molecule has 332 valence electrons. The monoisotopic (exact) mass is 968 g/mol. The van der Waals surface area contributed by atoms with Gasteiger partial charge in [0.1, 0.15) is 29.5 Å². The number of thiocarbonyl (C=S) groups is 4. The predicted molar refractivity (Wildman–Crippen MR) is 285 cm³/mol. The predicted octanol–water partition coefficient (Wildman–Crippen LogP) is 7.91. The Kier molecular flexibility index (Phi) is 25.1. The molecule has 0 atom stereocenters. The molecule has 1 fully saturated rings. The average molecular weight is 970 g/mol. The Balaban J connectivity index is 1.79. The highest BCUT2D eigenvalue weighted by atomic mass is 32.2. The lowest BCUT2D eigenvalue weighted by molar-refractivity contribution is -0.517. The highest BCUT2D eigenvalue weighted by molar-refractivity contribution is 8.24. The zero-order chi connectivity index (χ0) is 44.2. The van der Waals surface area contributed by atoms with E-state index in [-0.39, 0.29) is 0 Å². The van der Waals surface area contributed by atoms with Crippen LogP contribution in [-0.4, -0.2) is 181 Å². The zero-order valence-electron chi connectivity index (χ0n) is 36.9. The van der Waals surface area contributed by atoms with Crippen LogP contribution in [0, 0.1) is 0 Å². The largest absolute Gasteiger partial charge is 0.384 e. The van der Waals surface area contributed by atoms with Crippen LogP contribution in [0.5, 0.6) is 0 Å². The quantitative estimate of drug-likeness (QED) is 0.0919. The van der Waals surface area contributed by atoms with E-state index < -0.39 is 12.2 Å². The Labute approximate surface area is 400 Å². The van der Waals surface area contributed by atoms with Gasteiger partial charge in [-0.1, -0.05) is 95.9 Å². The maximum absolute atomic E-state index is 11.5. The van der Waals surface area contributed by atoms with Crippen LogP contribution in [0.25, 0.3) is 0 Å². The first-order chi connectivity index (χ1) is 28.9. The summed E-state index contributed by atoms with van der Waals surface area (Å²) < 4.78 is 8.52. The second-order valence-corrected chi connectivity index (χ2v) is 20.8. The summed E-state index contributed by atoms with van der Waals surface area (Å²) in [4.78, 5) is 8.87. The molecule has 0 aromatic heterocycles. The van der Waals surface area contributed by atoms with Gasteiger partial charge in [0, 0.05) is 87.8 Å². The van der Waals surface area contributed by atoms with E-state index in [1.165, 1.54) is 0 Å². The zero-order valence-corrected chi connectivity index (χ0v) is 43.5. The standard InChI is InChI=1S/C44H68N6O2S8/c1-9-45(10-2)41(53)57-29-25-49(26-30-58-42(54)46(11-3)12-4)35-21-17-33(18-22-35)37-39(51)38(40(37)52)34-19-23-36(24-20-34)50(27-31-59-43(55)47(13-5)14-6)28-32-60-44(56)48(15-7)16-8/h17-24,39-40,51-52H,9-16,25-32H2,1-8H3/q+2. The van der Waals surface area contributed by atoms with Crippen LogP contribution < -0.4 is 0 Å². The Morgan fingerprint density at radius 1 is 0.433 bits per heavy atom. The molecule has 0 bridgehead atoms. The van der Waals surface area contributed by atoms with E-state index in [0.717, 1.165) is 141 Å². The Hall–Kier alpha value is -1.34. The van der Waals surface area contributed by atoms with Crippen molar-refractivity contribution in [2.45, 2.75) is 67.6 Å². The van der Waals surface area contributed by atoms with Crippen LogP contribution in [0.3, 0.4) is 0 Å². The first-order valence-corrected chi connectivity index (χ1v) is 27.0. The fraction of sp³-hybridized carbons (Fsp3) is 0.591. The van der Waals surface area contributed by atoms with Gasteiger partial charge < -0.3 is 29.8 Å². The fourth-order valence-electron chi connectivity index (χ4n) is 6.90. The minimum absolute atomic E-state index is 0.636. The molecule has 3 aliphatic rings. The fourth-order valence-corrected chi connectivity index (χ4v) is 12.6. The minimum atomic E-state index is -0.853. The third kappa shape index (κ3) is 15.4. The van der Waals surface area contributed by atoms with E-state index in [4.69, 9.17) is 48.9 Å². The van der Waals surface area contributed by atoms with Crippen LogP contribution in [0.1, 0.15) is 55.4 Å². The summed E-state index contributed by atoms with van der Waals surface area (Å²) >= 11 is 29.8. The van der Waals surface area contributed by atoms with Gasteiger partial charge in [-0.25, -0.2) is 9.15 Å². The maximum atomic E-state index is 11.5. The van der Waals surface area contributed by atoms with Gasteiger partial charge in [0.05, 0.1) is 23.0 Å². The molecule has 0 heterocycles. The normalized spacial score (nSPS) is 17.0. The number of aliphatic hydroxyl groups excluding tert-OH is 2. The molecule has 0 unspecified atom stereocenters. The van der Waals surface area contributed by atoms with Crippen molar-refractivity contribution in [1.29, 1.82) is 0 Å². The van der Waals surface area contributed by atoms with Crippen molar-refractivity contribution in [2.24, 2.45) is 0 Å². The highest BCUT2D eigenvalue weighted by Gasteiger charge is 2.41. The van der Waals surface area contributed by atoms with Crippen LogP contribution in [0.15, 0.2) is 70.9 Å². The van der Waals surface area contributed by atoms with E-state index in [2.05, 4.69) is 108 Å². The Morgan fingerprint density at radius 3 is 0.850 bits per heavy atom. The summed E-state index contributed by atoms with van der Waals surface area (Å²) in [5.74, 6) is 3.50. The number of hydrogen-bond donors (Lipinski definition) is 2. The highest BCUT2D eigenvalue weighted by Crippen LogP contribution is 2.40. The molecule has 0 aliphatic heterocycles. The number of nitrogens with zero attached hydrogens (tertiary/aromatic N) is 6. The Morgan fingerprint density at radius 2 is 0.650 bits per heavy atom. The molecule has 0 radical (unpaired) electrons. The van der Waals surface area contributed by atoms with Crippen molar-refractivity contribution in [3.05, 3.63) is 70.9 Å². The molecule has 0 amide bonds. The molecule has 16 heteroatoms. The number of allylic oxidation sites excluding steroid dienone is 10. The van der Waals surface area contributed by atoms with Gasteiger partial charge in [-0.3, -0.25) is 0 Å². The van der Waals surface area contributed by atoms with Gasteiger partial charge in [0.15, 0.2) is 37.6 Å². The third-order valence-electron chi connectivity index (χ3n) is 10.7. The summed E-state index contributed by atoms with van der Waals surface area (Å²) in [6.45, 7) is 27.7. The summed E-state index contributed by atoms with van der Waals surface area (Å²) in [7, 11) is 0. The number of hydrogen-bond acceptors (Lipinski definition) is 10. The van der Waals surface area contributed by atoms with Gasteiger partial charge in [-0.2, -0.15) is 0 Å². The molecule has 3 aliphatic carbocycles. The van der Waals surface area contributed by atoms with Gasteiger partial charge in [0.25, 0.3) is 0 Å². The molecule has 3 rings (SSSR count). The van der Waals surface area contributed by atoms with Crippen LogP contribution in [0.4, 0.5) is 0 Å². The molecule has 0 spiro atoms. The minimum Gasteiger partial charge on any atom is -0.384 e. The van der Waals surface area contributed by atoms with Crippen molar-refractivity contribution in [3.8, 4) is 0 Å². The molecule has 60 heavy (non-hydrogen) atoms. The lowest BCUT2D eigenvalue weighted by Gasteiger charge is -2.38. The Bertz CT molecular complexity index is 1510. The van der Waals surface area contributed by atoms with Crippen molar-refractivity contribution in [1.82, 2.24) is 19.6 Å². The van der Waals surface area contributed by atoms with Gasteiger partial charge in [0.2, 0.25) is 0 Å². The molecule has 0 saturated heterocycles. The van der Waals surface area contributed by atoms with Crippen LogP contribution in [0.2, 0.25) is 0 Å². The van der Waals surface area contributed by atoms with Gasteiger partial charge in [-0.05, 0) is 90.8 Å². The first-order valence-electron chi connectivity index (χ1n) is 21.4. The average Bonchev–Trinajstić information content (AvgIpc) is 3.25.